The van der Waals surface area contributed by atoms with Crippen LogP contribution in [0.25, 0.3) is 0 Å². The van der Waals surface area contributed by atoms with Gasteiger partial charge in [-0.25, -0.2) is 0 Å². The number of hydrogen-bond acceptors (Lipinski definition) is 4. The molecule has 0 bridgehead atoms. The van der Waals surface area contributed by atoms with Gasteiger partial charge in [-0.05, 0) is 31.4 Å². The zero-order valence-electron chi connectivity index (χ0n) is 12.3. The summed E-state index contributed by atoms with van der Waals surface area (Å²) in [5.74, 6) is -0.103. The predicted octanol–water partition coefficient (Wildman–Crippen LogP) is 1.43. The topological polar surface area (TPSA) is 107 Å². The molecule has 122 valence electrons. The van der Waals surface area contributed by atoms with Gasteiger partial charge in [-0.2, -0.15) is 0 Å². The van der Waals surface area contributed by atoms with Crippen molar-refractivity contribution in [1.29, 1.82) is 0 Å². The van der Waals surface area contributed by atoms with Crippen LogP contribution in [0.5, 0.6) is 5.75 Å². The van der Waals surface area contributed by atoms with Crippen molar-refractivity contribution in [3.63, 3.8) is 0 Å². The Labute approximate surface area is 136 Å². The van der Waals surface area contributed by atoms with E-state index in [9.17, 15) is 9.59 Å². The molecule has 5 N–H and O–H groups in total. The molecule has 1 aromatic rings. The third kappa shape index (κ3) is 5.54. The van der Waals surface area contributed by atoms with Crippen molar-refractivity contribution in [3.8, 4) is 5.75 Å². The van der Waals surface area contributed by atoms with Crippen LogP contribution in [0.4, 0.5) is 5.69 Å². The van der Waals surface area contributed by atoms with Crippen LogP contribution in [-0.2, 0) is 9.59 Å². The molecule has 1 aromatic carbocycles. The van der Waals surface area contributed by atoms with Crippen LogP contribution < -0.4 is 21.5 Å². The molecule has 0 aromatic heterocycles. The van der Waals surface area contributed by atoms with Gasteiger partial charge in [0, 0.05) is 23.7 Å². The lowest BCUT2D eigenvalue weighted by atomic mass is 9.85. The molecule has 0 saturated heterocycles. The molecule has 2 unspecified atom stereocenters. The third-order valence-electron chi connectivity index (χ3n) is 3.57. The van der Waals surface area contributed by atoms with Crippen LogP contribution in [0, 0.1) is 5.92 Å². The number of benzene rings is 1. The lowest BCUT2D eigenvalue weighted by Crippen LogP contribution is -2.34. The minimum absolute atomic E-state index is 0. The van der Waals surface area contributed by atoms with E-state index in [1.54, 1.807) is 24.3 Å². The highest BCUT2D eigenvalue weighted by Crippen LogP contribution is 2.25. The van der Waals surface area contributed by atoms with Gasteiger partial charge in [0.2, 0.25) is 5.91 Å². The average Bonchev–Trinajstić information content (AvgIpc) is 2.45. The van der Waals surface area contributed by atoms with Crippen molar-refractivity contribution in [2.45, 2.75) is 31.7 Å². The Morgan fingerprint density at radius 3 is 2.77 bits per heavy atom. The summed E-state index contributed by atoms with van der Waals surface area (Å²) in [6.07, 6.45) is 3.57. The molecule has 0 spiro atoms. The highest BCUT2D eigenvalue weighted by atomic mass is 35.5. The number of hydrogen-bond donors (Lipinski definition) is 3. The molecule has 0 radical (unpaired) electrons. The summed E-state index contributed by atoms with van der Waals surface area (Å²) in [4.78, 5) is 22.9. The van der Waals surface area contributed by atoms with Gasteiger partial charge in [0.1, 0.15) is 5.75 Å². The molecule has 1 saturated carbocycles. The van der Waals surface area contributed by atoms with Gasteiger partial charge in [-0.15, -0.1) is 12.4 Å². The highest BCUT2D eigenvalue weighted by molar-refractivity contribution is 5.92. The minimum Gasteiger partial charge on any atom is -0.484 e. The van der Waals surface area contributed by atoms with Gasteiger partial charge < -0.3 is 21.5 Å². The Hall–Kier alpha value is -1.79. The number of nitrogens with two attached hydrogens (primary N) is 2. The maximum atomic E-state index is 12.2. The minimum atomic E-state index is -0.541. The van der Waals surface area contributed by atoms with Crippen LogP contribution in [0.2, 0.25) is 0 Å². The van der Waals surface area contributed by atoms with E-state index in [0.29, 0.717) is 11.4 Å². The van der Waals surface area contributed by atoms with E-state index >= 15 is 0 Å². The molecule has 1 aliphatic carbocycles. The van der Waals surface area contributed by atoms with E-state index in [4.69, 9.17) is 16.2 Å². The van der Waals surface area contributed by atoms with Gasteiger partial charge in [0.15, 0.2) is 6.61 Å². The fourth-order valence-electron chi connectivity index (χ4n) is 2.53. The van der Waals surface area contributed by atoms with E-state index in [0.717, 1.165) is 25.7 Å². The van der Waals surface area contributed by atoms with E-state index in [2.05, 4.69) is 5.32 Å². The van der Waals surface area contributed by atoms with Crippen LogP contribution in [0.3, 0.4) is 0 Å². The van der Waals surface area contributed by atoms with Gasteiger partial charge in [-0.1, -0.05) is 12.5 Å². The second-order valence-electron chi connectivity index (χ2n) is 5.40. The maximum Gasteiger partial charge on any atom is 0.255 e. The quantitative estimate of drug-likeness (QED) is 0.760. The highest BCUT2D eigenvalue weighted by Gasteiger charge is 2.25. The summed E-state index contributed by atoms with van der Waals surface area (Å²) in [7, 11) is 0. The van der Waals surface area contributed by atoms with Crippen molar-refractivity contribution in [3.05, 3.63) is 24.3 Å². The number of anilines is 1. The van der Waals surface area contributed by atoms with Crippen LogP contribution in [-0.4, -0.2) is 24.5 Å². The second-order valence-corrected chi connectivity index (χ2v) is 5.40. The summed E-state index contributed by atoms with van der Waals surface area (Å²) in [5, 5.41) is 2.87. The van der Waals surface area contributed by atoms with Crippen molar-refractivity contribution < 1.29 is 14.3 Å². The fourth-order valence-corrected chi connectivity index (χ4v) is 2.53. The number of halogens is 1. The molecule has 1 aliphatic rings. The molecule has 6 nitrogen and oxygen atoms in total. The number of rotatable bonds is 5. The number of nitrogens with one attached hydrogen (secondary N) is 1. The van der Waals surface area contributed by atoms with Crippen molar-refractivity contribution in [2.75, 3.05) is 11.9 Å². The summed E-state index contributed by atoms with van der Waals surface area (Å²) in [6, 6.07) is 7.01. The summed E-state index contributed by atoms with van der Waals surface area (Å²) >= 11 is 0. The number of carbonyl (C=O) groups excluding carboxylic acids is 2. The SMILES string of the molecule is Cl.NC(=O)COc1cccc(NC(=O)C2CCCC(N)C2)c1. The standard InChI is InChI=1S/C15H21N3O3.ClH/c16-11-4-1-3-10(7-11)15(20)18-12-5-2-6-13(8-12)21-9-14(17)19;/h2,5-6,8,10-11H,1,3-4,7,9,16H2,(H2,17,19)(H,18,20);1H. The smallest absolute Gasteiger partial charge is 0.255 e. The molecule has 0 aliphatic heterocycles. The lowest BCUT2D eigenvalue weighted by molar-refractivity contribution is -0.121. The van der Waals surface area contributed by atoms with Crippen LogP contribution >= 0.6 is 12.4 Å². The second kappa shape index (κ2) is 8.60. The van der Waals surface area contributed by atoms with Crippen molar-refractivity contribution >= 4 is 29.9 Å². The molecule has 22 heavy (non-hydrogen) atoms. The Bertz CT molecular complexity index is 525. The number of amides is 2. The monoisotopic (exact) mass is 327 g/mol. The molecule has 2 rings (SSSR count). The molecular formula is C15H22ClN3O3. The summed E-state index contributed by atoms with van der Waals surface area (Å²) in [5.41, 5.74) is 11.6. The Morgan fingerprint density at radius 1 is 1.32 bits per heavy atom. The Balaban J connectivity index is 0.00000242. The number of carbonyl (C=O) groups is 2. The van der Waals surface area contributed by atoms with E-state index in [1.807, 2.05) is 0 Å². The van der Waals surface area contributed by atoms with Crippen LogP contribution in [0.15, 0.2) is 24.3 Å². The summed E-state index contributed by atoms with van der Waals surface area (Å²) in [6.45, 7) is -0.186. The molecular weight excluding hydrogens is 306 g/mol. The van der Waals surface area contributed by atoms with E-state index < -0.39 is 5.91 Å². The molecule has 7 heteroatoms. The number of primary amides is 1. The summed E-state index contributed by atoms with van der Waals surface area (Å²) < 4.78 is 5.21. The lowest BCUT2D eigenvalue weighted by Gasteiger charge is -2.25. The Morgan fingerprint density at radius 2 is 2.09 bits per heavy atom. The first-order valence-corrected chi connectivity index (χ1v) is 7.12. The van der Waals surface area contributed by atoms with Crippen molar-refractivity contribution in [2.24, 2.45) is 17.4 Å². The Kier molecular flexibility index (Phi) is 7.14. The maximum absolute atomic E-state index is 12.2. The van der Waals surface area contributed by atoms with E-state index in [1.165, 1.54) is 0 Å². The number of ether oxygens (including phenoxy) is 1. The van der Waals surface area contributed by atoms with Crippen molar-refractivity contribution in [1.82, 2.24) is 0 Å². The molecule has 0 heterocycles. The molecule has 1 fully saturated rings. The first kappa shape index (κ1) is 18.3. The molecule has 2 amide bonds. The van der Waals surface area contributed by atoms with Gasteiger partial charge >= 0.3 is 0 Å². The van der Waals surface area contributed by atoms with Gasteiger partial charge in [0.05, 0.1) is 0 Å². The zero-order valence-corrected chi connectivity index (χ0v) is 13.1. The average molecular weight is 328 g/mol. The van der Waals surface area contributed by atoms with Gasteiger partial charge in [0.25, 0.3) is 5.91 Å². The third-order valence-corrected chi connectivity index (χ3v) is 3.57. The van der Waals surface area contributed by atoms with Crippen LogP contribution in [0.1, 0.15) is 25.7 Å². The van der Waals surface area contributed by atoms with Gasteiger partial charge in [-0.3, -0.25) is 9.59 Å². The predicted molar refractivity (Wildman–Crippen MR) is 86.9 cm³/mol. The van der Waals surface area contributed by atoms with E-state index in [-0.39, 0.29) is 36.9 Å². The first-order chi connectivity index (χ1) is 10.0. The largest absolute Gasteiger partial charge is 0.484 e. The normalized spacial score (nSPS) is 20.6. The fraction of sp³-hybridized carbons (Fsp3) is 0.467. The molecule has 2 atom stereocenters. The zero-order chi connectivity index (χ0) is 15.2. The first-order valence-electron chi connectivity index (χ1n) is 7.12.